The van der Waals surface area contributed by atoms with Gasteiger partial charge in [0.15, 0.2) is 0 Å². The minimum atomic E-state index is 0.155. The second kappa shape index (κ2) is 7.83. The lowest BCUT2D eigenvalue weighted by Crippen LogP contribution is -2.23. The zero-order chi connectivity index (χ0) is 15.2. The summed E-state index contributed by atoms with van der Waals surface area (Å²) in [6.45, 7) is 2.98. The van der Waals surface area contributed by atoms with Crippen molar-refractivity contribution in [2.75, 3.05) is 13.7 Å². The van der Waals surface area contributed by atoms with Crippen molar-refractivity contribution < 1.29 is 4.74 Å². The summed E-state index contributed by atoms with van der Waals surface area (Å²) in [6, 6.07) is 14.2. The molecule has 0 heterocycles. The first-order chi connectivity index (χ1) is 10.2. The van der Waals surface area contributed by atoms with E-state index < -0.39 is 0 Å². The zero-order valence-electron chi connectivity index (χ0n) is 12.2. The van der Waals surface area contributed by atoms with Crippen LogP contribution in [0.15, 0.2) is 46.9 Å². The third-order valence-corrected chi connectivity index (χ3v) is 4.41. The molecule has 2 nitrogen and oxygen atoms in total. The van der Waals surface area contributed by atoms with Gasteiger partial charge in [0.1, 0.15) is 5.75 Å². The van der Waals surface area contributed by atoms with E-state index in [9.17, 15) is 0 Å². The van der Waals surface area contributed by atoms with Crippen molar-refractivity contribution >= 4 is 27.5 Å². The van der Waals surface area contributed by atoms with Crippen LogP contribution in [0.4, 0.5) is 0 Å². The molecule has 0 amide bonds. The lowest BCUT2D eigenvalue weighted by atomic mass is 9.98. The van der Waals surface area contributed by atoms with Crippen LogP contribution in [0.2, 0.25) is 5.02 Å². The minimum Gasteiger partial charge on any atom is -0.496 e. The Hall–Kier alpha value is -1.03. The highest BCUT2D eigenvalue weighted by Crippen LogP contribution is 2.31. The molecular weight excluding hydrogens is 350 g/mol. The third kappa shape index (κ3) is 4.22. The molecule has 21 heavy (non-hydrogen) atoms. The monoisotopic (exact) mass is 367 g/mol. The van der Waals surface area contributed by atoms with Gasteiger partial charge in [0.2, 0.25) is 0 Å². The van der Waals surface area contributed by atoms with Gasteiger partial charge in [-0.3, -0.25) is 0 Å². The highest BCUT2D eigenvalue weighted by Gasteiger charge is 2.17. The lowest BCUT2D eigenvalue weighted by Gasteiger charge is -2.21. The number of rotatable bonds is 6. The Bertz CT molecular complexity index is 603. The number of hydrogen-bond donors (Lipinski definition) is 1. The van der Waals surface area contributed by atoms with E-state index in [2.05, 4.69) is 46.4 Å². The standard InChI is InChI=1S/C17H19BrClNO/c1-3-20-16(10-12-6-4-5-7-15(12)18)14-11-13(19)8-9-17(14)21-2/h4-9,11,16,20H,3,10H2,1-2H3. The van der Waals surface area contributed by atoms with Crippen molar-refractivity contribution in [2.24, 2.45) is 0 Å². The van der Waals surface area contributed by atoms with Gasteiger partial charge in [0, 0.05) is 21.1 Å². The molecule has 1 atom stereocenters. The molecule has 0 bridgehead atoms. The highest BCUT2D eigenvalue weighted by atomic mass is 79.9. The summed E-state index contributed by atoms with van der Waals surface area (Å²) < 4.78 is 6.60. The average molecular weight is 369 g/mol. The molecular formula is C17H19BrClNO. The molecule has 4 heteroatoms. The summed E-state index contributed by atoms with van der Waals surface area (Å²) in [5, 5.41) is 4.24. The van der Waals surface area contributed by atoms with Crippen LogP contribution < -0.4 is 10.1 Å². The van der Waals surface area contributed by atoms with Gasteiger partial charge < -0.3 is 10.1 Å². The lowest BCUT2D eigenvalue weighted by molar-refractivity contribution is 0.399. The Morgan fingerprint density at radius 3 is 2.67 bits per heavy atom. The van der Waals surface area contributed by atoms with Gasteiger partial charge in [0.05, 0.1) is 7.11 Å². The van der Waals surface area contributed by atoms with Gasteiger partial charge in [-0.2, -0.15) is 0 Å². The number of nitrogens with one attached hydrogen (secondary N) is 1. The van der Waals surface area contributed by atoms with E-state index in [1.807, 2.05) is 24.3 Å². The van der Waals surface area contributed by atoms with Crippen LogP contribution in [0.1, 0.15) is 24.1 Å². The maximum atomic E-state index is 6.16. The highest BCUT2D eigenvalue weighted by molar-refractivity contribution is 9.10. The SMILES string of the molecule is CCNC(Cc1ccccc1Br)c1cc(Cl)ccc1OC. The van der Waals surface area contributed by atoms with E-state index in [4.69, 9.17) is 16.3 Å². The van der Waals surface area contributed by atoms with Crippen molar-refractivity contribution in [1.29, 1.82) is 0 Å². The fraction of sp³-hybridized carbons (Fsp3) is 0.294. The molecule has 1 unspecified atom stereocenters. The molecule has 0 aliphatic carbocycles. The normalized spacial score (nSPS) is 12.2. The second-order valence-electron chi connectivity index (χ2n) is 4.79. The first-order valence-electron chi connectivity index (χ1n) is 6.96. The summed E-state index contributed by atoms with van der Waals surface area (Å²) >= 11 is 9.77. The smallest absolute Gasteiger partial charge is 0.123 e. The molecule has 0 spiro atoms. The van der Waals surface area contributed by atoms with Gasteiger partial charge in [-0.15, -0.1) is 0 Å². The van der Waals surface area contributed by atoms with Crippen molar-refractivity contribution in [3.05, 3.63) is 63.1 Å². The molecule has 0 saturated carbocycles. The summed E-state index contributed by atoms with van der Waals surface area (Å²) in [5.74, 6) is 0.859. The Balaban J connectivity index is 2.35. The van der Waals surface area contributed by atoms with E-state index in [1.165, 1.54) is 5.56 Å². The largest absolute Gasteiger partial charge is 0.496 e. The predicted molar refractivity (Wildman–Crippen MR) is 92.3 cm³/mol. The molecule has 0 aromatic heterocycles. The first-order valence-corrected chi connectivity index (χ1v) is 8.13. The fourth-order valence-corrected chi connectivity index (χ4v) is 3.03. The average Bonchev–Trinajstić information content (AvgIpc) is 2.49. The predicted octanol–water partition coefficient (Wildman–Crippen LogP) is 5.00. The summed E-state index contributed by atoms with van der Waals surface area (Å²) in [4.78, 5) is 0. The van der Waals surface area contributed by atoms with Crippen LogP contribution in [0.3, 0.4) is 0 Å². The quantitative estimate of drug-likeness (QED) is 0.774. The molecule has 0 aliphatic rings. The van der Waals surface area contributed by atoms with Crippen molar-refractivity contribution in [3.63, 3.8) is 0 Å². The van der Waals surface area contributed by atoms with Crippen LogP contribution in [-0.4, -0.2) is 13.7 Å². The molecule has 2 aromatic rings. The Morgan fingerprint density at radius 1 is 1.24 bits per heavy atom. The molecule has 0 aliphatic heterocycles. The molecule has 112 valence electrons. The summed E-state index contributed by atoms with van der Waals surface area (Å²) in [5.41, 5.74) is 2.34. The Kier molecular flexibility index (Phi) is 6.09. The number of ether oxygens (including phenoxy) is 1. The second-order valence-corrected chi connectivity index (χ2v) is 6.08. The molecule has 1 N–H and O–H groups in total. The Labute approximate surface area is 139 Å². The Morgan fingerprint density at radius 2 is 2.00 bits per heavy atom. The fourth-order valence-electron chi connectivity index (χ4n) is 2.40. The minimum absolute atomic E-state index is 0.155. The molecule has 0 radical (unpaired) electrons. The van der Waals surface area contributed by atoms with Crippen LogP contribution in [0, 0.1) is 0 Å². The molecule has 0 saturated heterocycles. The topological polar surface area (TPSA) is 21.3 Å². The van der Waals surface area contributed by atoms with E-state index in [0.717, 1.165) is 33.8 Å². The van der Waals surface area contributed by atoms with Crippen molar-refractivity contribution in [1.82, 2.24) is 5.32 Å². The van der Waals surface area contributed by atoms with E-state index in [1.54, 1.807) is 7.11 Å². The number of likely N-dealkylation sites (N-methyl/N-ethyl adjacent to an activating group) is 1. The molecule has 2 aromatic carbocycles. The van der Waals surface area contributed by atoms with Gasteiger partial charge in [-0.05, 0) is 42.8 Å². The van der Waals surface area contributed by atoms with E-state index in [0.29, 0.717) is 0 Å². The number of methoxy groups -OCH3 is 1. The number of hydrogen-bond acceptors (Lipinski definition) is 2. The maximum Gasteiger partial charge on any atom is 0.123 e. The zero-order valence-corrected chi connectivity index (χ0v) is 14.5. The molecule has 2 rings (SSSR count). The summed E-state index contributed by atoms with van der Waals surface area (Å²) in [7, 11) is 1.69. The van der Waals surface area contributed by atoms with Crippen molar-refractivity contribution in [2.45, 2.75) is 19.4 Å². The van der Waals surface area contributed by atoms with Gasteiger partial charge in [0.25, 0.3) is 0 Å². The van der Waals surface area contributed by atoms with Crippen LogP contribution in [0.25, 0.3) is 0 Å². The van der Waals surface area contributed by atoms with Gasteiger partial charge in [-0.1, -0.05) is 52.7 Å². The molecule has 0 fully saturated rings. The van der Waals surface area contributed by atoms with Crippen molar-refractivity contribution in [3.8, 4) is 5.75 Å². The third-order valence-electron chi connectivity index (χ3n) is 3.40. The number of halogens is 2. The van der Waals surface area contributed by atoms with Crippen LogP contribution in [-0.2, 0) is 6.42 Å². The van der Waals surface area contributed by atoms with Crippen LogP contribution in [0.5, 0.6) is 5.75 Å². The number of benzene rings is 2. The summed E-state index contributed by atoms with van der Waals surface area (Å²) in [6.07, 6.45) is 0.867. The van der Waals surface area contributed by atoms with Gasteiger partial charge >= 0.3 is 0 Å². The first kappa shape index (κ1) is 16.3. The van der Waals surface area contributed by atoms with Crippen LogP contribution >= 0.6 is 27.5 Å². The maximum absolute atomic E-state index is 6.16. The van der Waals surface area contributed by atoms with E-state index in [-0.39, 0.29) is 6.04 Å². The van der Waals surface area contributed by atoms with Gasteiger partial charge in [-0.25, -0.2) is 0 Å². The van der Waals surface area contributed by atoms with E-state index >= 15 is 0 Å².